The summed E-state index contributed by atoms with van der Waals surface area (Å²) in [6.45, 7) is 3.16. The number of likely N-dealkylation sites (tertiary alicyclic amines) is 1. The van der Waals surface area contributed by atoms with E-state index in [0.717, 1.165) is 37.2 Å². The highest BCUT2D eigenvalue weighted by Crippen LogP contribution is 2.45. The highest BCUT2D eigenvalue weighted by atomic mass is 16.6. The molecule has 30 heavy (non-hydrogen) atoms. The van der Waals surface area contributed by atoms with Crippen molar-refractivity contribution in [3.63, 3.8) is 0 Å². The zero-order valence-electron chi connectivity index (χ0n) is 16.8. The Kier molecular flexibility index (Phi) is 4.97. The van der Waals surface area contributed by atoms with Gasteiger partial charge in [-0.05, 0) is 48.7 Å². The summed E-state index contributed by atoms with van der Waals surface area (Å²) >= 11 is 0. The highest BCUT2D eigenvalue weighted by molar-refractivity contribution is 5.45. The van der Waals surface area contributed by atoms with E-state index in [1.807, 2.05) is 18.2 Å². The van der Waals surface area contributed by atoms with E-state index in [9.17, 15) is 15.3 Å². The van der Waals surface area contributed by atoms with Gasteiger partial charge in [0.15, 0.2) is 11.5 Å². The number of aliphatic hydroxyl groups is 2. The molecule has 160 valence electrons. The molecule has 3 heterocycles. The summed E-state index contributed by atoms with van der Waals surface area (Å²) in [5, 5.41) is 31.0. The molecule has 0 aromatic heterocycles. The molecule has 5 rings (SSSR count). The van der Waals surface area contributed by atoms with E-state index in [2.05, 4.69) is 4.90 Å². The summed E-state index contributed by atoms with van der Waals surface area (Å²) in [5.74, 6) is 2.19. The molecule has 1 saturated heterocycles. The number of benzene rings is 2. The molecule has 0 amide bonds. The van der Waals surface area contributed by atoms with Gasteiger partial charge >= 0.3 is 0 Å². The number of rotatable bonds is 3. The molecular weight excluding hydrogens is 386 g/mol. The molecule has 3 N–H and O–H groups in total. The minimum Gasteiger partial charge on any atom is -0.508 e. The summed E-state index contributed by atoms with van der Waals surface area (Å²) in [5.41, 5.74) is 1.07. The van der Waals surface area contributed by atoms with Crippen LogP contribution in [0.1, 0.15) is 42.6 Å². The molecule has 0 aliphatic carbocycles. The van der Waals surface area contributed by atoms with E-state index in [0.29, 0.717) is 43.2 Å². The van der Waals surface area contributed by atoms with Crippen LogP contribution in [0.15, 0.2) is 36.4 Å². The number of nitrogens with zero attached hydrogens (tertiary/aromatic N) is 1. The lowest BCUT2D eigenvalue weighted by Gasteiger charge is -2.46. The summed E-state index contributed by atoms with van der Waals surface area (Å²) < 4.78 is 17.5. The van der Waals surface area contributed by atoms with Crippen LogP contribution < -0.4 is 14.2 Å². The SMILES string of the molecule is Oc1ccc2c(c1)[C@@H](O)CC1(CCN(C[C@H](O)c3ccc4c(c3)OCCO4)CC1)O2. The maximum Gasteiger partial charge on any atom is 0.161 e. The van der Waals surface area contributed by atoms with Gasteiger partial charge in [-0.25, -0.2) is 0 Å². The Balaban J connectivity index is 1.22. The standard InChI is InChI=1S/C23H27NO6/c25-16-2-4-20-17(12-16)18(26)13-23(30-20)5-7-24(8-6-23)14-19(27)15-1-3-21-22(11-15)29-10-9-28-21/h1-4,11-12,18-19,25-27H,5-10,13-14H2/t18-,19-/m0/s1. The number of hydrogen-bond acceptors (Lipinski definition) is 7. The van der Waals surface area contributed by atoms with Gasteiger partial charge in [-0.3, -0.25) is 0 Å². The van der Waals surface area contributed by atoms with Gasteiger partial charge in [-0.2, -0.15) is 0 Å². The number of fused-ring (bicyclic) bond motifs is 2. The van der Waals surface area contributed by atoms with Gasteiger partial charge < -0.3 is 34.4 Å². The first-order valence-corrected chi connectivity index (χ1v) is 10.5. The van der Waals surface area contributed by atoms with E-state index in [1.165, 1.54) is 0 Å². The Hall–Kier alpha value is -2.48. The molecule has 0 radical (unpaired) electrons. The number of β-amino-alcohol motifs (C(OH)–C–C–N with tert-alkyl or cyclic N) is 1. The van der Waals surface area contributed by atoms with Crippen molar-refractivity contribution in [2.75, 3.05) is 32.8 Å². The molecular formula is C23H27NO6. The molecule has 7 heteroatoms. The molecule has 0 bridgehead atoms. The highest BCUT2D eigenvalue weighted by Gasteiger charge is 2.43. The second-order valence-electron chi connectivity index (χ2n) is 8.45. The van der Waals surface area contributed by atoms with Crippen LogP contribution >= 0.6 is 0 Å². The topological polar surface area (TPSA) is 91.6 Å². The molecule has 1 fully saturated rings. The number of hydrogen-bond donors (Lipinski definition) is 3. The van der Waals surface area contributed by atoms with Gasteiger partial charge in [0.25, 0.3) is 0 Å². The van der Waals surface area contributed by atoms with Crippen molar-refractivity contribution in [2.45, 2.75) is 37.1 Å². The fraction of sp³-hybridized carbons (Fsp3) is 0.478. The number of ether oxygens (including phenoxy) is 3. The van der Waals surface area contributed by atoms with Crippen LogP contribution in [-0.2, 0) is 0 Å². The third-order valence-electron chi connectivity index (χ3n) is 6.39. The molecule has 3 aliphatic rings. The van der Waals surface area contributed by atoms with E-state index >= 15 is 0 Å². The average molecular weight is 413 g/mol. The Morgan fingerprint density at radius 3 is 2.53 bits per heavy atom. The van der Waals surface area contributed by atoms with Crippen LogP contribution in [0.2, 0.25) is 0 Å². The van der Waals surface area contributed by atoms with Gasteiger partial charge in [0, 0.05) is 31.6 Å². The lowest BCUT2D eigenvalue weighted by Crippen LogP contribution is -2.51. The molecule has 2 aromatic carbocycles. The minimum absolute atomic E-state index is 0.135. The maximum atomic E-state index is 10.7. The second kappa shape index (κ2) is 7.65. The number of aliphatic hydroxyl groups excluding tert-OH is 2. The third-order valence-corrected chi connectivity index (χ3v) is 6.39. The number of phenols is 1. The molecule has 2 atom stereocenters. The smallest absolute Gasteiger partial charge is 0.161 e. The first-order valence-electron chi connectivity index (χ1n) is 10.5. The maximum absolute atomic E-state index is 10.7. The van der Waals surface area contributed by atoms with Gasteiger partial charge in [-0.1, -0.05) is 6.07 Å². The van der Waals surface area contributed by atoms with Gasteiger partial charge in [-0.15, -0.1) is 0 Å². The Labute approximate surface area is 175 Å². The van der Waals surface area contributed by atoms with Crippen molar-refractivity contribution in [1.29, 1.82) is 0 Å². The molecule has 2 aromatic rings. The average Bonchev–Trinajstić information content (AvgIpc) is 2.76. The lowest BCUT2D eigenvalue weighted by molar-refractivity contribution is -0.0588. The van der Waals surface area contributed by atoms with E-state index < -0.39 is 17.8 Å². The summed E-state index contributed by atoms with van der Waals surface area (Å²) in [4.78, 5) is 2.23. The first-order chi connectivity index (χ1) is 14.5. The molecule has 0 saturated carbocycles. The van der Waals surface area contributed by atoms with Gasteiger partial charge in [0.2, 0.25) is 0 Å². The Bertz CT molecular complexity index is 924. The second-order valence-corrected chi connectivity index (χ2v) is 8.45. The number of piperidine rings is 1. The molecule has 7 nitrogen and oxygen atoms in total. The lowest BCUT2D eigenvalue weighted by atomic mass is 9.81. The van der Waals surface area contributed by atoms with Crippen LogP contribution in [-0.4, -0.2) is 58.7 Å². The fourth-order valence-electron chi connectivity index (χ4n) is 4.69. The molecule has 3 aliphatic heterocycles. The molecule has 0 unspecified atom stereocenters. The third kappa shape index (κ3) is 3.69. The molecule has 1 spiro atoms. The first kappa shape index (κ1) is 19.5. The van der Waals surface area contributed by atoms with Gasteiger partial charge in [0.05, 0.1) is 12.2 Å². The van der Waals surface area contributed by atoms with Crippen molar-refractivity contribution in [1.82, 2.24) is 4.90 Å². The monoisotopic (exact) mass is 413 g/mol. The number of aromatic hydroxyl groups is 1. The van der Waals surface area contributed by atoms with Crippen LogP contribution in [0.5, 0.6) is 23.0 Å². The van der Waals surface area contributed by atoms with E-state index in [1.54, 1.807) is 18.2 Å². The van der Waals surface area contributed by atoms with Crippen molar-refractivity contribution >= 4 is 0 Å². The zero-order chi connectivity index (χ0) is 20.7. The number of phenolic OH excluding ortho intramolecular Hbond substituents is 1. The summed E-state index contributed by atoms with van der Waals surface area (Å²) in [6, 6.07) is 10.5. The van der Waals surface area contributed by atoms with Crippen LogP contribution in [0.3, 0.4) is 0 Å². The van der Waals surface area contributed by atoms with Crippen LogP contribution in [0.4, 0.5) is 0 Å². The predicted molar refractivity (Wildman–Crippen MR) is 109 cm³/mol. The predicted octanol–water partition coefficient (Wildman–Crippen LogP) is 2.55. The summed E-state index contributed by atoms with van der Waals surface area (Å²) in [6.07, 6.45) is 0.811. The minimum atomic E-state index is -0.643. The van der Waals surface area contributed by atoms with Crippen molar-refractivity contribution in [3.8, 4) is 23.0 Å². The van der Waals surface area contributed by atoms with Crippen molar-refractivity contribution in [2.24, 2.45) is 0 Å². The van der Waals surface area contributed by atoms with Gasteiger partial charge in [0.1, 0.15) is 30.3 Å². The fourth-order valence-corrected chi connectivity index (χ4v) is 4.69. The van der Waals surface area contributed by atoms with Crippen LogP contribution in [0.25, 0.3) is 0 Å². The quantitative estimate of drug-likeness (QED) is 0.712. The van der Waals surface area contributed by atoms with Crippen LogP contribution in [0, 0.1) is 0 Å². The zero-order valence-corrected chi connectivity index (χ0v) is 16.8. The Morgan fingerprint density at radius 1 is 1.00 bits per heavy atom. The summed E-state index contributed by atoms with van der Waals surface area (Å²) in [7, 11) is 0. The normalized spacial score (nSPS) is 23.5. The van der Waals surface area contributed by atoms with Crippen molar-refractivity contribution in [3.05, 3.63) is 47.5 Å². The Morgan fingerprint density at radius 2 is 1.73 bits per heavy atom. The van der Waals surface area contributed by atoms with E-state index in [4.69, 9.17) is 14.2 Å². The van der Waals surface area contributed by atoms with Crippen molar-refractivity contribution < 1.29 is 29.5 Å². The van der Waals surface area contributed by atoms with E-state index in [-0.39, 0.29) is 5.75 Å². The largest absolute Gasteiger partial charge is 0.508 e.